The third-order valence-electron chi connectivity index (χ3n) is 4.71. The van der Waals surface area contributed by atoms with Crippen LogP contribution in [0, 0.1) is 11.6 Å². The number of aromatic nitrogens is 1. The summed E-state index contributed by atoms with van der Waals surface area (Å²) in [5.74, 6) is -0.0572. The van der Waals surface area contributed by atoms with E-state index in [1.165, 1.54) is 18.2 Å². The Kier molecular flexibility index (Phi) is 5.90. The molecule has 0 unspecified atom stereocenters. The van der Waals surface area contributed by atoms with Crippen LogP contribution in [0.4, 0.5) is 13.6 Å². The average molecular weight is 488 g/mol. The van der Waals surface area contributed by atoms with Crippen molar-refractivity contribution in [2.75, 3.05) is 0 Å². The summed E-state index contributed by atoms with van der Waals surface area (Å²) in [5, 5.41) is 9.53. The molecule has 0 saturated heterocycles. The van der Waals surface area contributed by atoms with Gasteiger partial charge in [-0.3, -0.25) is 0 Å². The van der Waals surface area contributed by atoms with Crippen LogP contribution in [0.5, 0.6) is 11.5 Å². The van der Waals surface area contributed by atoms with Crippen LogP contribution in [-0.2, 0) is 13.2 Å². The largest absolute Gasteiger partial charge is 0.511 e. The average Bonchev–Trinajstić information content (AvgIpc) is 3.13. The van der Waals surface area contributed by atoms with E-state index in [9.17, 15) is 13.6 Å². The Labute approximate surface area is 184 Å². The van der Waals surface area contributed by atoms with Crippen LogP contribution in [0.15, 0.2) is 71.3 Å². The number of carboxylic acid groups (broad SMARTS) is 1. The van der Waals surface area contributed by atoms with Crippen LogP contribution in [0.25, 0.3) is 10.9 Å². The number of hydrogen-bond donors (Lipinski definition) is 1. The van der Waals surface area contributed by atoms with E-state index in [2.05, 4.69) is 15.9 Å². The van der Waals surface area contributed by atoms with Crippen LogP contribution < -0.4 is 9.47 Å². The molecule has 0 atom stereocenters. The summed E-state index contributed by atoms with van der Waals surface area (Å²) in [5.41, 5.74) is 2.09. The minimum absolute atomic E-state index is 0.181. The van der Waals surface area contributed by atoms with E-state index in [1.54, 1.807) is 42.6 Å². The molecule has 0 spiro atoms. The highest BCUT2D eigenvalue weighted by Gasteiger charge is 2.13. The van der Waals surface area contributed by atoms with Crippen molar-refractivity contribution in [1.82, 2.24) is 4.57 Å². The van der Waals surface area contributed by atoms with Crippen molar-refractivity contribution in [2.45, 2.75) is 13.2 Å². The fourth-order valence-corrected chi connectivity index (χ4v) is 3.73. The van der Waals surface area contributed by atoms with Gasteiger partial charge in [-0.2, -0.15) is 0 Å². The molecule has 3 aromatic carbocycles. The van der Waals surface area contributed by atoms with Crippen molar-refractivity contribution >= 4 is 33.0 Å². The first-order valence-corrected chi connectivity index (χ1v) is 10.0. The molecule has 0 saturated carbocycles. The summed E-state index contributed by atoms with van der Waals surface area (Å²) in [4.78, 5) is 10.9. The van der Waals surface area contributed by atoms with Gasteiger partial charge in [0.1, 0.15) is 29.7 Å². The third-order valence-corrected chi connectivity index (χ3v) is 5.32. The number of benzene rings is 3. The summed E-state index contributed by atoms with van der Waals surface area (Å²) in [6.45, 7) is 0.473. The number of fused-ring (bicyclic) bond motifs is 1. The van der Waals surface area contributed by atoms with E-state index >= 15 is 0 Å². The summed E-state index contributed by atoms with van der Waals surface area (Å²) in [7, 11) is 0. The van der Waals surface area contributed by atoms with Gasteiger partial charge in [0.05, 0.1) is 16.5 Å². The van der Waals surface area contributed by atoms with Crippen molar-refractivity contribution in [1.29, 1.82) is 0 Å². The fourth-order valence-electron chi connectivity index (χ4n) is 3.30. The normalized spacial score (nSPS) is 10.9. The van der Waals surface area contributed by atoms with Gasteiger partial charge in [-0.25, -0.2) is 13.6 Å². The lowest BCUT2D eigenvalue weighted by Gasteiger charge is -2.14. The lowest BCUT2D eigenvalue weighted by molar-refractivity contribution is 0.145. The third kappa shape index (κ3) is 4.69. The van der Waals surface area contributed by atoms with Crippen molar-refractivity contribution < 1.29 is 28.2 Å². The molecule has 158 valence electrons. The molecular weight excluding hydrogens is 472 g/mol. The zero-order valence-corrected chi connectivity index (χ0v) is 17.6. The van der Waals surface area contributed by atoms with E-state index in [-0.39, 0.29) is 18.2 Å². The van der Waals surface area contributed by atoms with Gasteiger partial charge in [0, 0.05) is 17.1 Å². The predicted molar refractivity (Wildman–Crippen MR) is 115 cm³/mol. The second kappa shape index (κ2) is 8.77. The Balaban J connectivity index is 1.61. The predicted octanol–water partition coefficient (Wildman–Crippen LogP) is 6.37. The van der Waals surface area contributed by atoms with Crippen LogP contribution in [-0.4, -0.2) is 15.8 Å². The van der Waals surface area contributed by atoms with E-state index in [1.807, 2.05) is 10.6 Å². The second-order valence-electron chi connectivity index (χ2n) is 6.79. The van der Waals surface area contributed by atoms with Crippen molar-refractivity contribution in [3.8, 4) is 11.5 Å². The Bertz CT molecular complexity index is 1270. The van der Waals surface area contributed by atoms with Gasteiger partial charge < -0.3 is 19.1 Å². The number of carbonyl (C=O) groups is 1. The fraction of sp³-hybridized carbons (Fsp3) is 0.0870. The Morgan fingerprint density at radius 3 is 2.65 bits per heavy atom. The smallest absolute Gasteiger partial charge is 0.489 e. The molecule has 1 heterocycles. The van der Waals surface area contributed by atoms with Gasteiger partial charge in [0.25, 0.3) is 0 Å². The number of rotatable bonds is 6. The standard InChI is InChI=1S/C23H16BrF2NO4/c24-18-10-14(4-6-19(18)26)13-30-21-7-5-16(25)11-15(21)12-27-9-8-17-20(27)2-1-3-22(17)31-23(28)29/h1-11H,12-13H2,(H,28,29). The minimum Gasteiger partial charge on any atom is -0.489 e. The molecule has 4 rings (SSSR count). The highest BCUT2D eigenvalue weighted by Crippen LogP contribution is 2.29. The number of nitrogens with zero attached hydrogens (tertiary/aromatic N) is 1. The highest BCUT2D eigenvalue weighted by atomic mass is 79.9. The van der Waals surface area contributed by atoms with E-state index in [0.717, 1.165) is 11.1 Å². The Morgan fingerprint density at radius 2 is 1.87 bits per heavy atom. The number of hydrogen-bond acceptors (Lipinski definition) is 3. The molecule has 0 bridgehead atoms. The van der Waals surface area contributed by atoms with Crippen molar-refractivity contribution in [3.05, 3.63) is 94.1 Å². The van der Waals surface area contributed by atoms with Gasteiger partial charge in [-0.05, 0) is 70.0 Å². The second-order valence-corrected chi connectivity index (χ2v) is 7.64. The van der Waals surface area contributed by atoms with Crippen LogP contribution in [0.2, 0.25) is 0 Å². The monoisotopic (exact) mass is 487 g/mol. The molecule has 8 heteroatoms. The van der Waals surface area contributed by atoms with Crippen molar-refractivity contribution in [3.63, 3.8) is 0 Å². The van der Waals surface area contributed by atoms with Crippen LogP contribution in [0.1, 0.15) is 11.1 Å². The van der Waals surface area contributed by atoms with Gasteiger partial charge >= 0.3 is 6.16 Å². The zero-order valence-electron chi connectivity index (χ0n) is 16.0. The maximum atomic E-state index is 14.0. The molecule has 0 fully saturated rings. The maximum Gasteiger partial charge on any atom is 0.511 e. The van der Waals surface area contributed by atoms with E-state index in [4.69, 9.17) is 14.6 Å². The lowest BCUT2D eigenvalue weighted by Crippen LogP contribution is -2.05. The molecule has 5 nitrogen and oxygen atoms in total. The zero-order chi connectivity index (χ0) is 22.0. The summed E-state index contributed by atoms with van der Waals surface area (Å²) >= 11 is 3.15. The highest BCUT2D eigenvalue weighted by molar-refractivity contribution is 9.10. The summed E-state index contributed by atoms with van der Waals surface area (Å²) < 4.78 is 40.3. The van der Waals surface area contributed by atoms with Crippen molar-refractivity contribution in [2.24, 2.45) is 0 Å². The maximum absolute atomic E-state index is 14.0. The molecule has 1 aromatic heterocycles. The lowest BCUT2D eigenvalue weighted by atomic mass is 10.1. The van der Waals surface area contributed by atoms with E-state index < -0.39 is 12.0 Å². The molecule has 0 radical (unpaired) electrons. The van der Waals surface area contributed by atoms with Gasteiger partial charge in [0.2, 0.25) is 0 Å². The topological polar surface area (TPSA) is 60.7 Å². The molecule has 0 amide bonds. The van der Waals surface area contributed by atoms with E-state index in [0.29, 0.717) is 27.7 Å². The molecule has 1 N–H and O–H groups in total. The minimum atomic E-state index is -1.39. The van der Waals surface area contributed by atoms with Gasteiger partial charge in [-0.1, -0.05) is 12.1 Å². The molecule has 0 aliphatic rings. The molecule has 0 aliphatic heterocycles. The molecule has 4 aromatic rings. The molecule has 0 aliphatic carbocycles. The Morgan fingerprint density at radius 1 is 1.03 bits per heavy atom. The van der Waals surface area contributed by atoms with Crippen LogP contribution in [0.3, 0.4) is 0 Å². The first-order valence-electron chi connectivity index (χ1n) is 9.24. The molecule has 31 heavy (non-hydrogen) atoms. The summed E-state index contributed by atoms with van der Waals surface area (Å²) in [6, 6.07) is 15.7. The van der Waals surface area contributed by atoms with Gasteiger partial charge in [0.15, 0.2) is 0 Å². The molecular formula is C23H16BrF2NO4. The first-order chi connectivity index (χ1) is 14.9. The number of halogens is 3. The SMILES string of the molecule is O=C(O)Oc1cccc2c1ccn2Cc1cc(F)ccc1OCc1ccc(F)c(Br)c1. The Hall–Kier alpha value is -3.39. The van der Waals surface area contributed by atoms with Crippen LogP contribution >= 0.6 is 15.9 Å². The summed E-state index contributed by atoms with van der Waals surface area (Å²) in [6.07, 6.45) is 0.374. The first kappa shape index (κ1) is 20.9. The number of ether oxygens (including phenoxy) is 2. The quantitative estimate of drug-likeness (QED) is 0.253. The van der Waals surface area contributed by atoms with Gasteiger partial charge in [-0.15, -0.1) is 0 Å².